The van der Waals surface area contributed by atoms with Crippen LogP contribution in [-0.4, -0.2) is 25.2 Å². The summed E-state index contributed by atoms with van der Waals surface area (Å²) in [5.74, 6) is 1.11. The maximum atomic E-state index is 5.72. The Hall–Kier alpha value is -2.54. The van der Waals surface area contributed by atoms with Crippen molar-refractivity contribution in [1.82, 2.24) is 25.2 Å². The molecule has 0 spiro atoms. The van der Waals surface area contributed by atoms with Gasteiger partial charge >= 0.3 is 0 Å². The van der Waals surface area contributed by atoms with E-state index in [1.165, 1.54) is 0 Å². The standard InChI is InChI=1S/C16H12BrN5O/c17-12-7-5-11(6-8-12)9-15-19-20-16(23-15)10-22-14-4-2-1-3-13(14)18-21-22/h1-8H,9-10H2. The van der Waals surface area contributed by atoms with Crippen molar-refractivity contribution in [3.63, 3.8) is 0 Å². The fourth-order valence-corrected chi connectivity index (χ4v) is 2.63. The van der Waals surface area contributed by atoms with Gasteiger partial charge in [-0.05, 0) is 29.8 Å². The zero-order valence-electron chi connectivity index (χ0n) is 12.1. The minimum absolute atomic E-state index is 0.411. The molecular formula is C16H12BrN5O. The molecule has 0 aliphatic carbocycles. The van der Waals surface area contributed by atoms with Crippen molar-refractivity contribution >= 4 is 27.0 Å². The number of hydrogen-bond donors (Lipinski definition) is 0. The lowest BCUT2D eigenvalue weighted by atomic mass is 10.1. The molecule has 2 aromatic carbocycles. The van der Waals surface area contributed by atoms with Gasteiger partial charge in [0.25, 0.3) is 0 Å². The average Bonchev–Trinajstić information content (AvgIpc) is 3.18. The second-order valence-electron chi connectivity index (χ2n) is 5.13. The first-order chi connectivity index (χ1) is 11.3. The molecule has 6 nitrogen and oxygen atoms in total. The summed E-state index contributed by atoms with van der Waals surface area (Å²) in [5, 5.41) is 16.4. The van der Waals surface area contributed by atoms with Gasteiger partial charge in [-0.3, -0.25) is 0 Å². The van der Waals surface area contributed by atoms with E-state index in [0.29, 0.717) is 24.7 Å². The lowest BCUT2D eigenvalue weighted by molar-refractivity contribution is 0.436. The van der Waals surface area contributed by atoms with E-state index < -0.39 is 0 Å². The molecule has 0 amide bonds. The van der Waals surface area contributed by atoms with E-state index >= 15 is 0 Å². The van der Waals surface area contributed by atoms with Crippen molar-refractivity contribution in [2.24, 2.45) is 0 Å². The van der Waals surface area contributed by atoms with Crippen LogP contribution < -0.4 is 0 Å². The number of nitrogens with zero attached hydrogens (tertiary/aromatic N) is 5. The van der Waals surface area contributed by atoms with Crippen LogP contribution >= 0.6 is 15.9 Å². The second-order valence-corrected chi connectivity index (χ2v) is 6.04. The van der Waals surface area contributed by atoms with Crippen LogP contribution in [0.2, 0.25) is 0 Å². The highest BCUT2D eigenvalue weighted by Crippen LogP contribution is 2.15. The number of para-hydroxylation sites is 1. The smallest absolute Gasteiger partial charge is 0.238 e. The second kappa shape index (κ2) is 5.92. The minimum Gasteiger partial charge on any atom is -0.423 e. The van der Waals surface area contributed by atoms with Crippen molar-refractivity contribution in [2.75, 3.05) is 0 Å². The third kappa shape index (κ3) is 3.00. The summed E-state index contributed by atoms with van der Waals surface area (Å²) in [6.07, 6.45) is 0.610. The highest BCUT2D eigenvalue weighted by atomic mass is 79.9. The number of halogens is 1. The van der Waals surface area contributed by atoms with Gasteiger partial charge in [-0.15, -0.1) is 15.3 Å². The van der Waals surface area contributed by atoms with Crippen LogP contribution in [0.5, 0.6) is 0 Å². The van der Waals surface area contributed by atoms with Crippen molar-refractivity contribution in [3.8, 4) is 0 Å². The molecule has 0 radical (unpaired) electrons. The Morgan fingerprint density at radius 2 is 1.70 bits per heavy atom. The molecule has 4 rings (SSSR count). The fraction of sp³-hybridized carbons (Fsp3) is 0.125. The van der Waals surface area contributed by atoms with E-state index in [4.69, 9.17) is 4.42 Å². The van der Waals surface area contributed by atoms with Crippen molar-refractivity contribution < 1.29 is 4.42 Å². The first-order valence-corrected chi connectivity index (χ1v) is 7.91. The van der Waals surface area contributed by atoms with Crippen LogP contribution in [-0.2, 0) is 13.0 Å². The summed E-state index contributed by atoms with van der Waals surface area (Å²) in [6, 6.07) is 15.8. The zero-order valence-corrected chi connectivity index (χ0v) is 13.6. The highest BCUT2D eigenvalue weighted by molar-refractivity contribution is 9.10. The largest absolute Gasteiger partial charge is 0.423 e. The number of rotatable bonds is 4. The molecule has 0 fully saturated rings. The molecule has 2 heterocycles. The van der Waals surface area contributed by atoms with Gasteiger partial charge in [0, 0.05) is 4.47 Å². The van der Waals surface area contributed by atoms with Gasteiger partial charge in [-0.2, -0.15) is 0 Å². The van der Waals surface area contributed by atoms with Gasteiger partial charge in [0.2, 0.25) is 11.8 Å². The first-order valence-electron chi connectivity index (χ1n) is 7.12. The molecule has 4 aromatic rings. The van der Waals surface area contributed by atoms with E-state index in [9.17, 15) is 0 Å². The molecule has 23 heavy (non-hydrogen) atoms. The molecule has 0 unspecified atom stereocenters. The predicted octanol–water partition coefficient (Wildman–Crippen LogP) is 3.22. The van der Waals surface area contributed by atoms with E-state index in [1.807, 2.05) is 48.5 Å². The lowest BCUT2D eigenvalue weighted by Gasteiger charge is -1.98. The Bertz CT molecular complexity index is 944. The number of hydrogen-bond acceptors (Lipinski definition) is 5. The maximum Gasteiger partial charge on any atom is 0.238 e. The number of fused-ring (bicyclic) bond motifs is 1. The summed E-state index contributed by atoms with van der Waals surface area (Å²) in [4.78, 5) is 0. The molecule has 0 saturated carbocycles. The predicted molar refractivity (Wildman–Crippen MR) is 87.9 cm³/mol. The van der Waals surface area contributed by atoms with E-state index in [-0.39, 0.29) is 0 Å². The number of aromatic nitrogens is 5. The summed E-state index contributed by atoms with van der Waals surface area (Å²) in [7, 11) is 0. The third-order valence-corrected chi connectivity index (χ3v) is 4.01. The van der Waals surface area contributed by atoms with Crippen LogP contribution in [0, 0.1) is 0 Å². The van der Waals surface area contributed by atoms with Crippen LogP contribution in [0.3, 0.4) is 0 Å². The van der Waals surface area contributed by atoms with Crippen LogP contribution in [0.1, 0.15) is 17.3 Å². The zero-order chi connectivity index (χ0) is 15.6. The molecule has 0 aliphatic heterocycles. The average molecular weight is 370 g/mol. The molecular weight excluding hydrogens is 358 g/mol. The van der Waals surface area contributed by atoms with Crippen molar-refractivity contribution in [2.45, 2.75) is 13.0 Å². The molecule has 2 aromatic heterocycles. The van der Waals surface area contributed by atoms with Gasteiger partial charge in [0.05, 0.1) is 11.9 Å². The summed E-state index contributed by atoms with van der Waals surface area (Å²) in [5.41, 5.74) is 2.91. The quantitative estimate of drug-likeness (QED) is 0.552. The highest BCUT2D eigenvalue weighted by Gasteiger charge is 2.10. The monoisotopic (exact) mass is 369 g/mol. The molecule has 0 saturated heterocycles. The maximum absolute atomic E-state index is 5.72. The Morgan fingerprint density at radius 1 is 0.913 bits per heavy atom. The molecule has 7 heteroatoms. The fourth-order valence-electron chi connectivity index (χ4n) is 2.36. The first kappa shape index (κ1) is 14.1. The SMILES string of the molecule is Brc1ccc(Cc2nnc(Cn3nnc4ccccc43)o2)cc1. The minimum atomic E-state index is 0.411. The van der Waals surface area contributed by atoms with Gasteiger partial charge in [-0.1, -0.05) is 45.4 Å². The van der Waals surface area contributed by atoms with Gasteiger partial charge in [0.15, 0.2) is 0 Å². The molecule has 0 atom stereocenters. The third-order valence-electron chi connectivity index (χ3n) is 3.48. The normalized spacial score (nSPS) is 11.2. The molecule has 0 aliphatic rings. The van der Waals surface area contributed by atoms with Crippen molar-refractivity contribution in [3.05, 3.63) is 70.3 Å². The topological polar surface area (TPSA) is 69.6 Å². The van der Waals surface area contributed by atoms with E-state index in [0.717, 1.165) is 21.1 Å². The Balaban J connectivity index is 1.52. The van der Waals surface area contributed by atoms with Crippen molar-refractivity contribution in [1.29, 1.82) is 0 Å². The van der Waals surface area contributed by atoms with E-state index in [1.54, 1.807) is 4.68 Å². The Morgan fingerprint density at radius 3 is 2.57 bits per heavy atom. The Kier molecular flexibility index (Phi) is 3.63. The van der Waals surface area contributed by atoms with Crippen LogP contribution in [0.15, 0.2) is 57.4 Å². The molecule has 114 valence electrons. The van der Waals surface area contributed by atoms with Crippen LogP contribution in [0.25, 0.3) is 11.0 Å². The molecule has 0 bridgehead atoms. The van der Waals surface area contributed by atoms with E-state index in [2.05, 4.69) is 36.4 Å². The Labute approximate surface area is 140 Å². The molecule has 0 N–H and O–H groups in total. The summed E-state index contributed by atoms with van der Waals surface area (Å²) < 4.78 is 8.52. The van der Waals surface area contributed by atoms with Crippen LogP contribution in [0.4, 0.5) is 0 Å². The lowest BCUT2D eigenvalue weighted by Crippen LogP contribution is -2.02. The summed E-state index contributed by atoms with van der Waals surface area (Å²) >= 11 is 3.42. The van der Waals surface area contributed by atoms with Gasteiger partial charge < -0.3 is 4.42 Å². The van der Waals surface area contributed by atoms with Gasteiger partial charge in [0.1, 0.15) is 12.1 Å². The number of benzene rings is 2. The summed E-state index contributed by atoms with van der Waals surface area (Å²) in [6.45, 7) is 0.411. The van der Waals surface area contributed by atoms with Gasteiger partial charge in [-0.25, -0.2) is 4.68 Å².